The fourth-order valence-electron chi connectivity index (χ4n) is 2.63. The van der Waals surface area contributed by atoms with Crippen molar-refractivity contribution in [1.29, 1.82) is 0 Å². The molecule has 2 aromatic rings. The third-order valence-electron chi connectivity index (χ3n) is 4.60. The topological polar surface area (TPSA) is 105 Å². The van der Waals surface area contributed by atoms with E-state index in [0.29, 0.717) is 5.69 Å². The van der Waals surface area contributed by atoms with Gasteiger partial charge in [0, 0.05) is 31.5 Å². The van der Waals surface area contributed by atoms with Crippen molar-refractivity contribution in [3.05, 3.63) is 54.1 Å². The van der Waals surface area contributed by atoms with Gasteiger partial charge in [-0.1, -0.05) is 0 Å². The van der Waals surface area contributed by atoms with E-state index >= 15 is 0 Å². The van der Waals surface area contributed by atoms with Crippen LogP contribution in [0.25, 0.3) is 0 Å². The molecule has 0 aliphatic heterocycles. The van der Waals surface area contributed by atoms with Crippen molar-refractivity contribution in [2.45, 2.75) is 36.8 Å². The van der Waals surface area contributed by atoms with Crippen LogP contribution in [0.2, 0.25) is 0 Å². The van der Waals surface area contributed by atoms with Gasteiger partial charge in [-0.3, -0.25) is 4.79 Å². The Bertz CT molecular complexity index is 1010. The molecule has 1 aliphatic carbocycles. The maximum absolute atomic E-state index is 12.3. The third-order valence-corrected chi connectivity index (χ3v) is 6.14. The van der Waals surface area contributed by atoms with Crippen LogP contribution in [0, 0.1) is 0 Å². The van der Waals surface area contributed by atoms with Gasteiger partial charge >= 0.3 is 5.97 Å². The highest BCUT2D eigenvalue weighted by molar-refractivity contribution is 7.89. The monoisotopic (exact) mass is 431 g/mol. The zero-order chi connectivity index (χ0) is 21.9. The number of nitrogens with one attached hydrogen (secondary N) is 2. The first-order valence-corrected chi connectivity index (χ1v) is 11.1. The standard InChI is InChI=1S/C21H25N3O5S/c1-14(20(25)22-16-8-10-18(11-9-16)24(2)3)29-21(26)15-4-12-19(13-5-15)30(27,28)23-17-6-7-17/h4-5,8-14,17,23H,6-7H2,1-3H3,(H,22,25)/t14-/m1/s1. The number of esters is 1. The first-order chi connectivity index (χ1) is 14.2. The summed E-state index contributed by atoms with van der Waals surface area (Å²) in [6, 6.07) is 12.7. The van der Waals surface area contributed by atoms with Gasteiger partial charge in [0.1, 0.15) is 0 Å². The Morgan fingerprint density at radius 2 is 1.63 bits per heavy atom. The second-order valence-electron chi connectivity index (χ2n) is 7.40. The molecule has 3 rings (SSSR count). The van der Waals surface area contributed by atoms with Gasteiger partial charge in [0.25, 0.3) is 5.91 Å². The molecular weight excluding hydrogens is 406 g/mol. The minimum atomic E-state index is -3.59. The van der Waals surface area contributed by atoms with E-state index in [2.05, 4.69) is 10.0 Å². The molecule has 1 saturated carbocycles. The second kappa shape index (κ2) is 8.85. The molecule has 0 heterocycles. The molecule has 0 saturated heterocycles. The van der Waals surface area contributed by atoms with E-state index in [0.717, 1.165) is 18.5 Å². The minimum absolute atomic E-state index is 0.00177. The predicted molar refractivity (Wildman–Crippen MR) is 114 cm³/mol. The van der Waals surface area contributed by atoms with Gasteiger partial charge in [0.05, 0.1) is 10.5 Å². The van der Waals surface area contributed by atoms with Crippen molar-refractivity contribution >= 4 is 33.3 Å². The largest absolute Gasteiger partial charge is 0.449 e. The van der Waals surface area contributed by atoms with Gasteiger partial charge in [-0.05, 0) is 68.3 Å². The lowest BCUT2D eigenvalue weighted by Gasteiger charge is -2.15. The molecule has 1 aliphatic rings. The van der Waals surface area contributed by atoms with Crippen LogP contribution in [-0.2, 0) is 19.6 Å². The smallest absolute Gasteiger partial charge is 0.338 e. The normalized spacial score (nSPS) is 14.6. The Kier molecular flexibility index (Phi) is 6.42. The number of hydrogen-bond acceptors (Lipinski definition) is 6. The van der Waals surface area contributed by atoms with Gasteiger partial charge in [-0.25, -0.2) is 17.9 Å². The molecule has 8 nitrogen and oxygen atoms in total. The van der Waals surface area contributed by atoms with Gasteiger partial charge in [-0.15, -0.1) is 0 Å². The molecule has 9 heteroatoms. The first-order valence-electron chi connectivity index (χ1n) is 9.57. The number of amides is 1. The number of sulfonamides is 1. The summed E-state index contributed by atoms with van der Waals surface area (Å²) in [6.45, 7) is 1.47. The number of nitrogens with zero attached hydrogens (tertiary/aromatic N) is 1. The Balaban J connectivity index is 1.57. The van der Waals surface area contributed by atoms with E-state index in [-0.39, 0.29) is 16.5 Å². The summed E-state index contributed by atoms with van der Waals surface area (Å²) in [4.78, 5) is 26.6. The van der Waals surface area contributed by atoms with Crippen LogP contribution < -0.4 is 14.9 Å². The fourth-order valence-corrected chi connectivity index (χ4v) is 3.93. The lowest BCUT2D eigenvalue weighted by molar-refractivity contribution is -0.123. The number of carbonyl (C=O) groups excluding carboxylic acids is 2. The number of benzene rings is 2. The van der Waals surface area contributed by atoms with E-state index in [1.165, 1.54) is 31.2 Å². The van der Waals surface area contributed by atoms with Gasteiger partial charge in [0.15, 0.2) is 6.10 Å². The maximum Gasteiger partial charge on any atom is 0.338 e. The fraction of sp³-hybridized carbons (Fsp3) is 0.333. The van der Waals surface area contributed by atoms with Crippen LogP contribution in [0.15, 0.2) is 53.4 Å². The van der Waals surface area contributed by atoms with Gasteiger partial charge < -0.3 is 15.0 Å². The average Bonchev–Trinajstić information content (AvgIpc) is 3.51. The highest BCUT2D eigenvalue weighted by Gasteiger charge is 2.28. The van der Waals surface area contributed by atoms with E-state index in [4.69, 9.17) is 4.74 Å². The molecule has 0 radical (unpaired) electrons. The van der Waals surface area contributed by atoms with Crippen LogP contribution in [0.1, 0.15) is 30.1 Å². The quantitative estimate of drug-likeness (QED) is 0.622. The van der Waals surface area contributed by atoms with Crippen molar-refractivity contribution in [2.24, 2.45) is 0 Å². The summed E-state index contributed by atoms with van der Waals surface area (Å²) in [5.74, 6) is -1.17. The van der Waals surface area contributed by atoms with Gasteiger partial charge in [0.2, 0.25) is 10.0 Å². The molecule has 2 N–H and O–H groups in total. The molecule has 1 amide bonds. The minimum Gasteiger partial charge on any atom is -0.449 e. The van der Waals surface area contributed by atoms with Crippen molar-refractivity contribution < 1.29 is 22.7 Å². The molecule has 30 heavy (non-hydrogen) atoms. The van der Waals surface area contributed by atoms with Crippen LogP contribution in [0.4, 0.5) is 11.4 Å². The van der Waals surface area contributed by atoms with E-state index in [1.807, 2.05) is 31.1 Å². The second-order valence-corrected chi connectivity index (χ2v) is 9.11. The summed E-state index contributed by atoms with van der Waals surface area (Å²) in [6.07, 6.45) is 0.651. The Labute approximate surface area is 176 Å². The molecule has 0 bridgehead atoms. The first kappa shape index (κ1) is 21.8. The number of hydrogen-bond donors (Lipinski definition) is 2. The molecule has 160 valence electrons. The van der Waals surface area contributed by atoms with Crippen molar-refractivity contribution in [1.82, 2.24) is 4.72 Å². The summed E-state index contributed by atoms with van der Waals surface area (Å²) in [7, 11) is 0.246. The molecule has 2 aromatic carbocycles. The molecule has 1 atom stereocenters. The van der Waals surface area contributed by atoms with Gasteiger partial charge in [-0.2, -0.15) is 0 Å². The Morgan fingerprint density at radius 3 is 2.17 bits per heavy atom. The summed E-state index contributed by atoms with van der Waals surface area (Å²) in [5, 5.41) is 2.70. The van der Waals surface area contributed by atoms with E-state index < -0.39 is 28.0 Å². The number of anilines is 2. The third kappa shape index (κ3) is 5.58. The summed E-state index contributed by atoms with van der Waals surface area (Å²) >= 11 is 0. The van der Waals surface area contributed by atoms with Crippen LogP contribution in [0.5, 0.6) is 0 Å². The predicted octanol–water partition coefficient (Wildman–Crippen LogP) is 2.38. The lowest BCUT2D eigenvalue weighted by atomic mass is 10.2. The zero-order valence-corrected chi connectivity index (χ0v) is 17.9. The van der Waals surface area contributed by atoms with Crippen molar-refractivity contribution in [3.63, 3.8) is 0 Å². The summed E-state index contributed by atoms with van der Waals surface area (Å²) in [5.41, 5.74) is 1.74. The molecular formula is C21H25N3O5S. The Hall–Kier alpha value is -2.91. The van der Waals surface area contributed by atoms with Crippen LogP contribution in [0.3, 0.4) is 0 Å². The molecule has 0 aromatic heterocycles. The summed E-state index contributed by atoms with van der Waals surface area (Å²) < 4.78 is 32.1. The number of carbonyl (C=O) groups is 2. The molecule has 1 fully saturated rings. The molecule has 0 spiro atoms. The highest BCUT2D eigenvalue weighted by Crippen LogP contribution is 2.22. The van der Waals surface area contributed by atoms with E-state index in [1.54, 1.807) is 12.1 Å². The highest BCUT2D eigenvalue weighted by atomic mass is 32.2. The van der Waals surface area contributed by atoms with Crippen LogP contribution >= 0.6 is 0 Å². The Morgan fingerprint density at radius 1 is 1.03 bits per heavy atom. The SMILES string of the molecule is C[C@@H](OC(=O)c1ccc(S(=O)(=O)NC2CC2)cc1)C(=O)Nc1ccc(N(C)C)cc1. The zero-order valence-electron chi connectivity index (χ0n) is 17.1. The average molecular weight is 432 g/mol. The van der Waals surface area contributed by atoms with E-state index in [9.17, 15) is 18.0 Å². The number of ether oxygens (including phenoxy) is 1. The lowest BCUT2D eigenvalue weighted by Crippen LogP contribution is -2.30. The number of rotatable bonds is 8. The van der Waals surface area contributed by atoms with Crippen molar-refractivity contribution in [2.75, 3.05) is 24.3 Å². The van der Waals surface area contributed by atoms with Crippen LogP contribution in [-0.4, -0.2) is 46.5 Å². The van der Waals surface area contributed by atoms with Crippen molar-refractivity contribution in [3.8, 4) is 0 Å². The molecule has 0 unspecified atom stereocenters. The maximum atomic E-state index is 12.3.